The zero-order valence-corrected chi connectivity index (χ0v) is 11.2. The zero-order chi connectivity index (χ0) is 11.7. The number of ether oxygens (including phenoxy) is 2. The SMILES string of the molecule is C=C(C)C(=O)OC[SiH](CCC)CCOC. The second kappa shape index (κ2) is 8.68. The number of hydrogen-bond acceptors (Lipinski definition) is 3. The summed E-state index contributed by atoms with van der Waals surface area (Å²) in [6.45, 7) is 8.17. The summed E-state index contributed by atoms with van der Waals surface area (Å²) in [5.74, 6) is -0.263. The molecule has 4 heteroatoms. The van der Waals surface area contributed by atoms with Gasteiger partial charge in [-0.25, -0.2) is 4.79 Å². The number of esters is 1. The Morgan fingerprint density at radius 2 is 2.07 bits per heavy atom. The van der Waals surface area contributed by atoms with Crippen LogP contribution in [0.2, 0.25) is 12.1 Å². The van der Waals surface area contributed by atoms with Crippen LogP contribution in [0.15, 0.2) is 12.2 Å². The largest absolute Gasteiger partial charge is 0.466 e. The highest BCUT2D eigenvalue weighted by Gasteiger charge is 2.13. The van der Waals surface area contributed by atoms with Crippen LogP contribution in [-0.4, -0.2) is 34.7 Å². The molecule has 0 amide bonds. The summed E-state index contributed by atoms with van der Waals surface area (Å²) in [7, 11) is 0.748. The van der Waals surface area contributed by atoms with Gasteiger partial charge in [0.15, 0.2) is 0 Å². The van der Waals surface area contributed by atoms with E-state index in [4.69, 9.17) is 9.47 Å². The topological polar surface area (TPSA) is 35.5 Å². The van der Waals surface area contributed by atoms with Crippen molar-refractivity contribution in [3.63, 3.8) is 0 Å². The third kappa shape index (κ3) is 7.33. The van der Waals surface area contributed by atoms with E-state index in [1.807, 2.05) is 0 Å². The van der Waals surface area contributed by atoms with Gasteiger partial charge in [-0.3, -0.25) is 0 Å². The van der Waals surface area contributed by atoms with Crippen LogP contribution in [-0.2, 0) is 14.3 Å². The maximum atomic E-state index is 11.2. The highest BCUT2D eigenvalue weighted by molar-refractivity contribution is 6.58. The van der Waals surface area contributed by atoms with Gasteiger partial charge in [-0.2, -0.15) is 0 Å². The van der Waals surface area contributed by atoms with Gasteiger partial charge in [0.25, 0.3) is 0 Å². The standard InChI is InChI=1S/C11H22O3Si/c1-5-7-15(8-6-13-4)9-14-11(12)10(2)3/h15H,2,5-9H2,1,3-4H3. The first-order valence-corrected chi connectivity index (χ1v) is 7.88. The van der Waals surface area contributed by atoms with Gasteiger partial charge in [0, 0.05) is 19.3 Å². The second-order valence-electron chi connectivity index (χ2n) is 3.81. The fourth-order valence-corrected chi connectivity index (χ4v) is 3.72. The lowest BCUT2D eigenvalue weighted by molar-refractivity contribution is -0.137. The quantitative estimate of drug-likeness (QED) is 0.363. The van der Waals surface area contributed by atoms with E-state index in [0.717, 1.165) is 19.1 Å². The van der Waals surface area contributed by atoms with Gasteiger partial charge in [-0.1, -0.05) is 26.0 Å². The van der Waals surface area contributed by atoms with Gasteiger partial charge < -0.3 is 9.47 Å². The molecular formula is C11H22O3Si. The minimum absolute atomic E-state index is 0.263. The smallest absolute Gasteiger partial charge is 0.332 e. The minimum atomic E-state index is -0.958. The van der Waals surface area contributed by atoms with E-state index in [9.17, 15) is 4.79 Å². The Labute approximate surface area is 94.1 Å². The molecule has 0 spiro atoms. The Balaban J connectivity index is 3.83. The molecule has 3 nitrogen and oxygen atoms in total. The van der Waals surface area contributed by atoms with Crippen molar-refractivity contribution in [2.24, 2.45) is 0 Å². The Kier molecular flexibility index (Phi) is 8.32. The van der Waals surface area contributed by atoms with Crippen LogP contribution in [0.3, 0.4) is 0 Å². The summed E-state index contributed by atoms with van der Waals surface area (Å²) < 4.78 is 10.2. The first kappa shape index (κ1) is 14.4. The fourth-order valence-electron chi connectivity index (χ4n) is 1.32. The van der Waals surface area contributed by atoms with Crippen molar-refractivity contribution in [1.29, 1.82) is 0 Å². The average molecular weight is 230 g/mol. The lowest BCUT2D eigenvalue weighted by Gasteiger charge is -2.14. The van der Waals surface area contributed by atoms with Crippen molar-refractivity contribution in [3.05, 3.63) is 12.2 Å². The molecule has 15 heavy (non-hydrogen) atoms. The maximum absolute atomic E-state index is 11.2. The molecule has 0 aliphatic heterocycles. The first-order valence-electron chi connectivity index (χ1n) is 5.43. The molecule has 0 rings (SSSR count). The third-order valence-electron chi connectivity index (χ3n) is 2.23. The van der Waals surface area contributed by atoms with E-state index in [1.165, 1.54) is 6.04 Å². The highest BCUT2D eigenvalue weighted by Crippen LogP contribution is 2.05. The van der Waals surface area contributed by atoms with E-state index in [1.54, 1.807) is 14.0 Å². The molecule has 0 aliphatic carbocycles. The maximum Gasteiger partial charge on any atom is 0.332 e. The molecule has 0 N–H and O–H groups in total. The Morgan fingerprint density at radius 3 is 2.53 bits per heavy atom. The van der Waals surface area contributed by atoms with E-state index < -0.39 is 8.80 Å². The molecule has 0 aromatic heterocycles. The van der Waals surface area contributed by atoms with Gasteiger partial charge >= 0.3 is 5.97 Å². The lowest BCUT2D eigenvalue weighted by Crippen LogP contribution is -2.24. The molecule has 88 valence electrons. The van der Waals surface area contributed by atoms with Crippen LogP contribution in [0.5, 0.6) is 0 Å². The summed E-state index contributed by atoms with van der Waals surface area (Å²) in [4.78, 5) is 11.2. The number of carbonyl (C=O) groups excluding carboxylic acids is 1. The van der Waals surface area contributed by atoms with E-state index in [0.29, 0.717) is 11.8 Å². The lowest BCUT2D eigenvalue weighted by atomic mass is 10.4. The molecule has 0 saturated heterocycles. The predicted octanol–water partition coefficient (Wildman–Crippen LogP) is 1.93. The molecule has 0 aliphatic rings. The normalized spacial score (nSPS) is 12.2. The third-order valence-corrected chi connectivity index (χ3v) is 5.31. The number of methoxy groups -OCH3 is 1. The van der Waals surface area contributed by atoms with Crippen molar-refractivity contribution >= 4 is 14.8 Å². The Hall–Kier alpha value is -0.613. The van der Waals surface area contributed by atoms with Gasteiger partial charge in [0.05, 0.1) is 15.0 Å². The summed E-state index contributed by atoms with van der Waals surface area (Å²) in [5, 5.41) is 0. The summed E-state index contributed by atoms with van der Waals surface area (Å²) in [6, 6.07) is 2.28. The second-order valence-corrected chi connectivity index (χ2v) is 7.04. The first-order chi connectivity index (χ1) is 7.11. The number of hydrogen-bond donors (Lipinski definition) is 0. The van der Waals surface area contributed by atoms with Gasteiger partial charge in [-0.15, -0.1) is 0 Å². The van der Waals surface area contributed by atoms with Crippen molar-refractivity contribution in [2.75, 3.05) is 19.9 Å². The number of carbonyl (C=O) groups is 1. The van der Waals surface area contributed by atoms with Gasteiger partial charge in [0.1, 0.15) is 0 Å². The molecule has 0 aromatic rings. The van der Waals surface area contributed by atoms with Crippen LogP contribution in [0, 0.1) is 0 Å². The molecule has 0 heterocycles. The van der Waals surface area contributed by atoms with E-state index in [-0.39, 0.29) is 5.97 Å². The molecule has 1 unspecified atom stereocenters. The summed E-state index contributed by atoms with van der Waals surface area (Å²) >= 11 is 0. The Bertz CT molecular complexity index is 204. The molecule has 1 atom stereocenters. The van der Waals surface area contributed by atoms with Gasteiger partial charge in [0.2, 0.25) is 0 Å². The van der Waals surface area contributed by atoms with Crippen LogP contribution >= 0.6 is 0 Å². The Morgan fingerprint density at radius 1 is 1.40 bits per heavy atom. The van der Waals surface area contributed by atoms with Crippen LogP contribution in [0.25, 0.3) is 0 Å². The van der Waals surface area contributed by atoms with Gasteiger partial charge in [-0.05, 0) is 13.0 Å². The van der Waals surface area contributed by atoms with Crippen molar-refractivity contribution < 1.29 is 14.3 Å². The molecular weight excluding hydrogens is 208 g/mol. The summed E-state index contributed by atoms with van der Waals surface area (Å²) in [6.07, 6.45) is 1.77. The van der Waals surface area contributed by atoms with Crippen molar-refractivity contribution in [3.8, 4) is 0 Å². The van der Waals surface area contributed by atoms with Crippen LogP contribution < -0.4 is 0 Å². The van der Waals surface area contributed by atoms with Crippen molar-refractivity contribution in [2.45, 2.75) is 32.4 Å². The average Bonchev–Trinajstić information content (AvgIpc) is 2.21. The van der Waals surface area contributed by atoms with E-state index in [2.05, 4.69) is 13.5 Å². The monoisotopic (exact) mass is 230 g/mol. The van der Waals surface area contributed by atoms with Crippen LogP contribution in [0.4, 0.5) is 0 Å². The highest BCUT2D eigenvalue weighted by atomic mass is 28.3. The van der Waals surface area contributed by atoms with Crippen molar-refractivity contribution in [1.82, 2.24) is 0 Å². The zero-order valence-electron chi connectivity index (χ0n) is 10.0. The fraction of sp³-hybridized carbons (Fsp3) is 0.727. The number of rotatable bonds is 8. The summed E-state index contributed by atoms with van der Waals surface area (Å²) in [5.41, 5.74) is 0.478. The predicted molar refractivity (Wildman–Crippen MR) is 64.7 cm³/mol. The molecule has 0 fully saturated rings. The van der Waals surface area contributed by atoms with E-state index >= 15 is 0 Å². The molecule has 0 bridgehead atoms. The molecule has 0 saturated carbocycles. The minimum Gasteiger partial charge on any atom is -0.466 e. The van der Waals surface area contributed by atoms with Crippen LogP contribution in [0.1, 0.15) is 20.3 Å². The molecule has 0 aromatic carbocycles. The molecule has 0 radical (unpaired) electrons.